The van der Waals surface area contributed by atoms with Crippen molar-refractivity contribution >= 4 is 54.3 Å². The molecule has 2 saturated heterocycles. The fourth-order valence-electron chi connectivity index (χ4n) is 5.00. The molecule has 2 aliphatic heterocycles. The molecule has 0 spiro atoms. The Morgan fingerprint density at radius 1 is 0.979 bits per heavy atom. The Kier molecular flexibility index (Phi) is 11.2. The zero-order valence-corrected chi connectivity index (χ0v) is 30.3. The monoisotopic (exact) mass is 719 g/mol. The van der Waals surface area contributed by atoms with Crippen molar-refractivity contribution < 1.29 is 56.4 Å². The summed E-state index contributed by atoms with van der Waals surface area (Å²) in [5.41, 5.74) is -1.89. The molecule has 2 aromatic heterocycles. The van der Waals surface area contributed by atoms with Crippen LogP contribution < -0.4 is 4.90 Å². The molecule has 0 unspecified atom stereocenters. The third-order valence-electron chi connectivity index (χ3n) is 6.52. The molecule has 4 rings (SSSR count). The summed E-state index contributed by atoms with van der Waals surface area (Å²) < 4.78 is 59.7. The van der Waals surface area contributed by atoms with Gasteiger partial charge in [0, 0.05) is 0 Å². The normalized spacial score (nSPS) is 22.4. The molecule has 2 fully saturated rings. The van der Waals surface area contributed by atoms with E-state index < -0.39 is 73.4 Å². The Bertz CT molecular complexity index is 1530. The minimum absolute atomic E-state index is 0.00748. The van der Waals surface area contributed by atoms with Crippen molar-refractivity contribution in [3.05, 3.63) is 11.6 Å². The molecule has 0 aromatic carbocycles. The molecule has 268 valence electrons. The van der Waals surface area contributed by atoms with E-state index in [-0.39, 0.29) is 42.1 Å². The van der Waals surface area contributed by atoms with Gasteiger partial charge >= 0.3 is 25.8 Å². The Morgan fingerprint density at radius 3 is 2.08 bits per heavy atom. The van der Waals surface area contributed by atoms with E-state index in [2.05, 4.69) is 15.0 Å². The van der Waals surface area contributed by atoms with Crippen LogP contribution in [0.2, 0.25) is 5.28 Å². The number of hydrogen-bond acceptors (Lipinski definition) is 15. The maximum atomic E-state index is 13.4. The number of fused-ring (bicyclic) bond motifs is 2. The summed E-state index contributed by atoms with van der Waals surface area (Å²) in [6.45, 7) is 16.4. The number of esters is 1. The van der Waals surface area contributed by atoms with Gasteiger partial charge in [0.25, 0.3) is 0 Å². The molecule has 2 aromatic rings. The number of imide groups is 1. The second-order valence-corrected chi connectivity index (χ2v) is 15.7. The smallest absolute Gasteiger partial charge is 0.425 e. The van der Waals surface area contributed by atoms with Crippen molar-refractivity contribution in [1.29, 1.82) is 0 Å². The lowest BCUT2D eigenvalue weighted by molar-refractivity contribution is -0.201. The van der Waals surface area contributed by atoms with E-state index >= 15 is 0 Å². The average Bonchev–Trinajstić information content (AvgIpc) is 3.56. The number of anilines is 1. The number of aromatic nitrogens is 4. The maximum Gasteiger partial charge on any atom is 0.425 e. The zero-order valence-electron chi connectivity index (χ0n) is 28.7. The topological polar surface area (TPSA) is 189 Å². The first-order valence-corrected chi connectivity index (χ1v) is 17.5. The Balaban J connectivity index is 1.67. The Morgan fingerprint density at radius 2 is 1.54 bits per heavy atom. The first kappa shape index (κ1) is 37.9. The van der Waals surface area contributed by atoms with Crippen LogP contribution in [-0.4, -0.2) is 99.0 Å². The Hall–Kier alpha value is -2.92. The minimum Gasteiger partial charge on any atom is -0.462 e. The standard InChI is InChI=1S/C29H43ClN5O12P/c1-11-41-48(39,42-12-2)14-17(36)40-13-16-19-20(45-29(9,10)44-19)23(43-16)34-15-31-18-21(34)32-24(30)33-22(18)35(25(37)46-27(3,4)5)26(38)47-28(6,7)8/h15-16,19-20,23H,11-14H2,1-10H3/t16-,19+,20+,23-/m1/s1. The number of carbonyl (C=O) groups excluding carboxylic acids is 3. The highest BCUT2D eigenvalue weighted by Crippen LogP contribution is 2.48. The van der Waals surface area contributed by atoms with Crippen LogP contribution in [0, 0.1) is 0 Å². The van der Waals surface area contributed by atoms with Gasteiger partial charge in [-0.05, 0) is 80.8 Å². The number of halogens is 1. The first-order chi connectivity index (χ1) is 22.2. The van der Waals surface area contributed by atoms with Crippen LogP contribution in [0.15, 0.2) is 6.33 Å². The highest BCUT2D eigenvalue weighted by Gasteiger charge is 2.56. The molecule has 0 bridgehead atoms. The van der Waals surface area contributed by atoms with Crippen molar-refractivity contribution in [2.45, 2.75) is 111 Å². The zero-order chi connectivity index (χ0) is 35.8. The molecule has 48 heavy (non-hydrogen) atoms. The summed E-state index contributed by atoms with van der Waals surface area (Å²) in [7, 11) is -3.69. The van der Waals surface area contributed by atoms with Gasteiger partial charge in [-0.1, -0.05) is 0 Å². The van der Waals surface area contributed by atoms with Crippen LogP contribution in [0.1, 0.15) is 75.5 Å². The fraction of sp³-hybridized carbons (Fsp3) is 0.724. The molecule has 0 radical (unpaired) electrons. The summed E-state index contributed by atoms with van der Waals surface area (Å²) in [6.07, 6.45) is -4.67. The van der Waals surface area contributed by atoms with Crippen LogP contribution in [0.3, 0.4) is 0 Å². The summed E-state index contributed by atoms with van der Waals surface area (Å²) in [5.74, 6) is -2.15. The summed E-state index contributed by atoms with van der Waals surface area (Å²) in [4.78, 5) is 52.9. The third-order valence-corrected chi connectivity index (χ3v) is 8.64. The van der Waals surface area contributed by atoms with E-state index in [0.717, 1.165) is 0 Å². The number of hydrogen-bond donors (Lipinski definition) is 0. The molecule has 4 atom stereocenters. The highest BCUT2D eigenvalue weighted by molar-refractivity contribution is 7.54. The van der Waals surface area contributed by atoms with Gasteiger partial charge in [0.1, 0.15) is 42.3 Å². The van der Waals surface area contributed by atoms with Gasteiger partial charge in [-0.3, -0.25) is 13.9 Å². The van der Waals surface area contributed by atoms with Crippen LogP contribution in [0.25, 0.3) is 11.2 Å². The third kappa shape index (κ3) is 9.00. The molecule has 0 N–H and O–H groups in total. The number of amides is 2. The predicted octanol–water partition coefficient (Wildman–Crippen LogP) is 5.38. The quantitative estimate of drug-likeness (QED) is 0.132. The molecule has 2 amide bonds. The van der Waals surface area contributed by atoms with Gasteiger partial charge < -0.3 is 37.5 Å². The summed E-state index contributed by atoms with van der Waals surface area (Å²) >= 11 is 6.35. The SMILES string of the molecule is CCOP(=O)(CC(=O)OC[C@H]1O[C@@H](n2cnc3c(N(C(=O)OC(C)(C)C)C(=O)OC(C)(C)C)nc(Cl)nc32)[C@H]2OC(C)(C)O[C@H]21)OCC. The summed E-state index contributed by atoms with van der Waals surface area (Å²) in [5, 5.41) is -0.326. The molecule has 2 aliphatic rings. The van der Waals surface area contributed by atoms with E-state index in [9.17, 15) is 18.9 Å². The number of rotatable bonds is 10. The summed E-state index contributed by atoms with van der Waals surface area (Å²) in [6, 6.07) is 0. The fourth-order valence-corrected chi connectivity index (χ4v) is 6.61. The van der Waals surface area contributed by atoms with Crippen LogP contribution in [0.5, 0.6) is 0 Å². The molecule has 19 heteroatoms. The van der Waals surface area contributed by atoms with E-state index in [1.807, 2.05) is 0 Å². The van der Waals surface area contributed by atoms with Crippen molar-refractivity contribution in [3.8, 4) is 0 Å². The molecular formula is C29H43ClN5O12P. The van der Waals surface area contributed by atoms with E-state index in [1.165, 1.54) is 10.9 Å². The maximum absolute atomic E-state index is 13.4. The van der Waals surface area contributed by atoms with Gasteiger partial charge in [-0.15, -0.1) is 0 Å². The molecule has 17 nitrogen and oxygen atoms in total. The Labute approximate surface area is 283 Å². The molecule has 4 heterocycles. The molecular weight excluding hydrogens is 677 g/mol. The highest BCUT2D eigenvalue weighted by atomic mass is 35.5. The van der Waals surface area contributed by atoms with Crippen molar-refractivity contribution in [2.24, 2.45) is 0 Å². The van der Waals surface area contributed by atoms with E-state index in [4.69, 9.17) is 49.1 Å². The van der Waals surface area contributed by atoms with Gasteiger partial charge in [0.15, 0.2) is 29.0 Å². The number of carbonyl (C=O) groups is 3. The molecule has 0 saturated carbocycles. The van der Waals surface area contributed by atoms with E-state index in [0.29, 0.717) is 4.90 Å². The largest absolute Gasteiger partial charge is 0.462 e. The van der Waals surface area contributed by atoms with Crippen LogP contribution in [-0.2, 0) is 46.8 Å². The van der Waals surface area contributed by atoms with Gasteiger partial charge in [-0.2, -0.15) is 14.9 Å². The first-order valence-electron chi connectivity index (χ1n) is 15.4. The lowest BCUT2D eigenvalue weighted by atomic mass is 10.1. The minimum atomic E-state index is -3.69. The van der Waals surface area contributed by atoms with Crippen molar-refractivity contribution in [3.63, 3.8) is 0 Å². The van der Waals surface area contributed by atoms with E-state index in [1.54, 1.807) is 69.2 Å². The van der Waals surface area contributed by atoms with Crippen LogP contribution >= 0.6 is 19.2 Å². The second-order valence-electron chi connectivity index (χ2n) is 13.4. The van der Waals surface area contributed by atoms with Crippen LogP contribution in [0.4, 0.5) is 15.4 Å². The lowest BCUT2D eigenvalue weighted by Gasteiger charge is -2.28. The van der Waals surface area contributed by atoms with Crippen molar-refractivity contribution in [2.75, 3.05) is 30.9 Å². The number of imidazole rings is 1. The van der Waals surface area contributed by atoms with Crippen molar-refractivity contribution in [1.82, 2.24) is 19.5 Å². The number of ether oxygens (including phenoxy) is 6. The predicted molar refractivity (Wildman–Crippen MR) is 170 cm³/mol. The molecule has 0 aliphatic carbocycles. The van der Waals surface area contributed by atoms with Gasteiger partial charge in [-0.25, -0.2) is 14.6 Å². The number of nitrogens with zero attached hydrogens (tertiary/aromatic N) is 5. The lowest BCUT2D eigenvalue weighted by Crippen LogP contribution is -2.44. The average molecular weight is 720 g/mol. The van der Waals surface area contributed by atoms with Gasteiger partial charge in [0.05, 0.1) is 19.5 Å². The second kappa shape index (κ2) is 14.1. The van der Waals surface area contributed by atoms with Gasteiger partial charge in [0.2, 0.25) is 5.28 Å².